The van der Waals surface area contributed by atoms with Crippen molar-refractivity contribution in [3.63, 3.8) is 0 Å². The summed E-state index contributed by atoms with van der Waals surface area (Å²) >= 11 is 0. The number of aliphatic hydroxyl groups excluding tert-OH is 1. The number of phosphoric ester groups is 2. The van der Waals surface area contributed by atoms with Crippen LogP contribution in [0.5, 0.6) is 0 Å². The van der Waals surface area contributed by atoms with E-state index in [4.69, 9.17) is 37.0 Å². The van der Waals surface area contributed by atoms with Crippen molar-refractivity contribution in [2.75, 3.05) is 39.6 Å². The van der Waals surface area contributed by atoms with Gasteiger partial charge in [0.1, 0.15) is 19.3 Å². The molecule has 0 aromatic rings. The average Bonchev–Trinajstić information content (AvgIpc) is 3.51. The number of hydrogen-bond acceptors (Lipinski definition) is 15. The second-order valence-corrected chi connectivity index (χ2v) is 27.1. The van der Waals surface area contributed by atoms with Gasteiger partial charge in [0.25, 0.3) is 0 Å². The number of aliphatic hydroxyl groups is 1. The number of carbonyl (C=O) groups is 4. The summed E-state index contributed by atoms with van der Waals surface area (Å²) in [6.45, 7) is 4.53. The maximum Gasteiger partial charge on any atom is 0.472 e. The predicted molar refractivity (Wildman–Crippen MR) is 345 cm³/mol. The SMILES string of the molecule is CCCCCCCCCCCCCCCCCC(=O)OC[C@H](COP(=O)(O)OC[C@H](O)COP(=O)(O)OC[C@@H](COC(=O)CCCCCCCCCCCCCCCCC)OC(=O)CCCCCCCCCCCCCCCCC)OC(=O)CCC. The zero-order valence-corrected chi connectivity index (χ0v) is 57.1. The summed E-state index contributed by atoms with van der Waals surface area (Å²) in [5, 5.41) is 10.5. The second kappa shape index (κ2) is 61.9. The van der Waals surface area contributed by atoms with E-state index in [1.54, 1.807) is 6.92 Å². The lowest BCUT2D eigenvalue weighted by Gasteiger charge is -2.21. The first-order valence-electron chi connectivity index (χ1n) is 35.3. The molecule has 0 aliphatic heterocycles. The van der Waals surface area contributed by atoms with E-state index in [2.05, 4.69) is 20.8 Å². The molecule has 0 amide bonds. The molecule has 2 unspecified atom stereocenters. The molecule has 0 saturated heterocycles. The van der Waals surface area contributed by atoms with Crippen LogP contribution in [0.25, 0.3) is 0 Å². The van der Waals surface area contributed by atoms with Gasteiger partial charge in [0, 0.05) is 25.7 Å². The van der Waals surface area contributed by atoms with Crippen molar-refractivity contribution >= 4 is 39.5 Å². The summed E-state index contributed by atoms with van der Waals surface area (Å²) in [5.74, 6) is -2.18. The third kappa shape index (κ3) is 60.9. The fourth-order valence-electron chi connectivity index (χ4n) is 10.2. The van der Waals surface area contributed by atoms with Crippen LogP contribution >= 0.6 is 15.6 Å². The Kier molecular flexibility index (Phi) is 60.5. The van der Waals surface area contributed by atoms with Crippen LogP contribution in [0.2, 0.25) is 0 Å². The minimum Gasteiger partial charge on any atom is -0.462 e. The maximum absolute atomic E-state index is 13.0. The third-order valence-corrected chi connectivity index (χ3v) is 17.5. The molecule has 5 atom stereocenters. The summed E-state index contributed by atoms with van der Waals surface area (Å²) in [6.07, 6.45) is 50.4. The molecule has 510 valence electrons. The summed E-state index contributed by atoms with van der Waals surface area (Å²) in [5.41, 5.74) is 0. The second-order valence-electron chi connectivity index (χ2n) is 24.2. The molecular weight excluding hydrogens is 1140 g/mol. The molecule has 0 heterocycles. The normalized spacial score (nSPS) is 14.1. The predicted octanol–water partition coefficient (Wildman–Crippen LogP) is 19.1. The topological polar surface area (TPSA) is 237 Å². The van der Waals surface area contributed by atoms with Crippen LogP contribution in [0, 0.1) is 0 Å². The van der Waals surface area contributed by atoms with E-state index < -0.39 is 97.5 Å². The van der Waals surface area contributed by atoms with Crippen LogP contribution < -0.4 is 0 Å². The molecule has 0 radical (unpaired) electrons. The lowest BCUT2D eigenvalue weighted by molar-refractivity contribution is -0.161. The fourth-order valence-corrected chi connectivity index (χ4v) is 11.8. The lowest BCUT2D eigenvalue weighted by Crippen LogP contribution is -2.30. The average molecular weight is 1270 g/mol. The van der Waals surface area contributed by atoms with E-state index >= 15 is 0 Å². The quantitative estimate of drug-likeness (QED) is 0.0222. The van der Waals surface area contributed by atoms with E-state index in [-0.39, 0.29) is 25.7 Å². The van der Waals surface area contributed by atoms with E-state index in [0.717, 1.165) is 64.2 Å². The summed E-state index contributed by atoms with van der Waals surface area (Å²) in [6, 6.07) is 0. The van der Waals surface area contributed by atoms with Crippen LogP contribution in [0.4, 0.5) is 0 Å². The van der Waals surface area contributed by atoms with Gasteiger partial charge in [0.05, 0.1) is 26.4 Å². The molecule has 0 aromatic heterocycles. The third-order valence-electron chi connectivity index (χ3n) is 15.6. The van der Waals surface area contributed by atoms with Crippen molar-refractivity contribution in [1.82, 2.24) is 0 Å². The largest absolute Gasteiger partial charge is 0.472 e. The monoisotopic (exact) mass is 1270 g/mol. The number of phosphoric acid groups is 2. The minimum atomic E-state index is -4.94. The molecular formula is C67H130O17P2. The molecule has 0 bridgehead atoms. The van der Waals surface area contributed by atoms with Crippen molar-refractivity contribution in [2.45, 2.75) is 367 Å². The van der Waals surface area contributed by atoms with E-state index in [1.807, 2.05) is 0 Å². The van der Waals surface area contributed by atoms with Gasteiger partial charge in [-0.2, -0.15) is 0 Å². The van der Waals surface area contributed by atoms with Crippen LogP contribution in [0.3, 0.4) is 0 Å². The van der Waals surface area contributed by atoms with Gasteiger partial charge in [-0.1, -0.05) is 297 Å². The van der Waals surface area contributed by atoms with Crippen molar-refractivity contribution in [2.24, 2.45) is 0 Å². The Bertz CT molecular complexity index is 1650. The number of carbonyl (C=O) groups excluding carboxylic acids is 4. The van der Waals surface area contributed by atoms with E-state index in [9.17, 15) is 43.2 Å². The fraction of sp³-hybridized carbons (Fsp3) is 0.940. The Balaban J connectivity index is 4.94. The molecule has 86 heavy (non-hydrogen) atoms. The van der Waals surface area contributed by atoms with Crippen LogP contribution in [-0.4, -0.2) is 96.7 Å². The molecule has 19 heteroatoms. The molecule has 0 rings (SSSR count). The van der Waals surface area contributed by atoms with Gasteiger partial charge in [-0.3, -0.25) is 37.3 Å². The molecule has 17 nitrogen and oxygen atoms in total. The van der Waals surface area contributed by atoms with Gasteiger partial charge >= 0.3 is 39.5 Å². The van der Waals surface area contributed by atoms with Gasteiger partial charge in [0.15, 0.2) is 12.2 Å². The van der Waals surface area contributed by atoms with Crippen molar-refractivity contribution < 1.29 is 80.2 Å². The highest BCUT2D eigenvalue weighted by Crippen LogP contribution is 2.45. The summed E-state index contributed by atoms with van der Waals surface area (Å²) < 4.78 is 67.4. The molecule has 0 fully saturated rings. The number of ether oxygens (including phenoxy) is 4. The zero-order valence-electron chi connectivity index (χ0n) is 55.3. The van der Waals surface area contributed by atoms with E-state index in [0.29, 0.717) is 25.7 Å². The van der Waals surface area contributed by atoms with Crippen LogP contribution in [-0.2, 0) is 65.4 Å². The van der Waals surface area contributed by atoms with Crippen LogP contribution in [0.1, 0.15) is 349 Å². The minimum absolute atomic E-state index is 0.0555. The van der Waals surface area contributed by atoms with Gasteiger partial charge in [0.2, 0.25) is 0 Å². The molecule has 0 spiro atoms. The van der Waals surface area contributed by atoms with Gasteiger partial charge in [-0.05, 0) is 25.7 Å². The van der Waals surface area contributed by atoms with Crippen molar-refractivity contribution in [3.8, 4) is 0 Å². The highest BCUT2D eigenvalue weighted by Gasteiger charge is 2.30. The number of rotatable bonds is 68. The summed E-state index contributed by atoms with van der Waals surface area (Å²) in [7, 11) is -9.86. The van der Waals surface area contributed by atoms with Gasteiger partial charge < -0.3 is 33.8 Å². The van der Waals surface area contributed by atoms with E-state index in [1.165, 1.54) is 205 Å². The Morgan fingerprint density at radius 3 is 0.733 bits per heavy atom. The molecule has 0 aromatic carbocycles. The highest BCUT2D eigenvalue weighted by molar-refractivity contribution is 7.47. The zero-order chi connectivity index (χ0) is 63.3. The first kappa shape index (κ1) is 84.1. The van der Waals surface area contributed by atoms with Gasteiger partial charge in [-0.25, -0.2) is 9.13 Å². The Morgan fingerprint density at radius 2 is 0.488 bits per heavy atom. The first-order valence-corrected chi connectivity index (χ1v) is 38.3. The molecule has 0 aliphatic carbocycles. The van der Waals surface area contributed by atoms with Crippen molar-refractivity contribution in [1.29, 1.82) is 0 Å². The highest BCUT2D eigenvalue weighted by atomic mass is 31.2. The summed E-state index contributed by atoms with van der Waals surface area (Å²) in [4.78, 5) is 71.5. The van der Waals surface area contributed by atoms with Crippen molar-refractivity contribution in [3.05, 3.63) is 0 Å². The van der Waals surface area contributed by atoms with Crippen LogP contribution in [0.15, 0.2) is 0 Å². The molecule has 0 aliphatic rings. The Morgan fingerprint density at radius 1 is 0.279 bits per heavy atom. The standard InChI is InChI=1S/C67H130O17P2/c1-5-9-12-15-18-21-24-27-30-33-36-39-42-45-48-52-64(69)77-57-62(83-66(71)51-8-4)59-81-85(73,74)79-55-61(68)56-80-86(75,76)82-60-63(84-67(72)54-50-47-44-41-38-35-32-29-26-23-20-17-14-11-7-3)58-78-65(70)53-49-46-43-40-37-34-31-28-25-22-19-16-13-10-6-2/h61-63,68H,5-60H2,1-4H3,(H,73,74)(H,75,76)/t61-,62+,63+/m0/s1. The number of esters is 4. The van der Waals surface area contributed by atoms with Gasteiger partial charge in [-0.15, -0.1) is 0 Å². The number of hydrogen-bond donors (Lipinski definition) is 3. The Labute approximate surface area is 524 Å². The number of unbranched alkanes of at least 4 members (excludes halogenated alkanes) is 42. The maximum atomic E-state index is 13.0. The molecule has 0 saturated carbocycles. The Hall–Kier alpha value is -1.94. The molecule has 3 N–H and O–H groups in total. The smallest absolute Gasteiger partial charge is 0.462 e. The lowest BCUT2D eigenvalue weighted by atomic mass is 10.0. The first-order chi connectivity index (χ1) is 41.7.